The first-order valence-electron chi connectivity index (χ1n) is 11.3. The molecule has 0 aromatic heterocycles. The van der Waals surface area contributed by atoms with Crippen molar-refractivity contribution in [3.63, 3.8) is 0 Å². The van der Waals surface area contributed by atoms with Crippen LogP contribution in [0.3, 0.4) is 0 Å². The summed E-state index contributed by atoms with van der Waals surface area (Å²) >= 11 is 0. The number of ether oxygens (including phenoxy) is 1. The number of hydrogen-bond acceptors (Lipinski definition) is 4. The Morgan fingerprint density at radius 1 is 0.897 bits per heavy atom. The molecule has 2 N–H and O–H groups in total. The summed E-state index contributed by atoms with van der Waals surface area (Å²) in [5, 5.41) is 8.74. The summed E-state index contributed by atoms with van der Waals surface area (Å²) in [6.07, 6.45) is 9.44. The molecule has 0 amide bonds. The van der Waals surface area contributed by atoms with Crippen LogP contribution in [-0.4, -0.2) is 12.6 Å². The van der Waals surface area contributed by atoms with Crippen molar-refractivity contribution in [2.75, 3.05) is 6.54 Å². The molecule has 4 nitrogen and oxygen atoms in total. The molecule has 2 aliphatic carbocycles. The van der Waals surface area contributed by atoms with Gasteiger partial charge in [0, 0.05) is 12.0 Å². The molecule has 0 radical (unpaired) electrons. The molecule has 1 heterocycles. The minimum absolute atomic E-state index is 0.0684. The van der Waals surface area contributed by atoms with Gasteiger partial charge in [-0.3, -0.25) is 0 Å². The van der Waals surface area contributed by atoms with Gasteiger partial charge >= 0.3 is 0 Å². The van der Waals surface area contributed by atoms with Crippen molar-refractivity contribution >= 4 is 5.69 Å². The van der Waals surface area contributed by atoms with Gasteiger partial charge in [-0.25, -0.2) is 0 Å². The molecule has 2 aromatic rings. The predicted molar refractivity (Wildman–Crippen MR) is 116 cm³/mol. The van der Waals surface area contributed by atoms with Gasteiger partial charge in [0.1, 0.15) is 17.5 Å². The largest absolute Gasteiger partial charge is 0.483 e. The van der Waals surface area contributed by atoms with E-state index >= 15 is 0 Å². The van der Waals surface area contributed by atoms with Crippen LogP contribution in [-0.2, 0) is 12.8 Å². The third-order valence-electron chi connectivity index (χ3n) is 7.10. The Balaban J connectivity index is 1.51. The smallest absolute Gasteiger partial charge is 0.148 e. The number of hydrogen-bond donors (Lipinski definition) is 1. The highest BCUT2D eigenvalue weighted by Gasteiger charge is 2.38. The third-order valence-corrected chi connectivity index (χ3v) is 7.10. The molecule has 29 heavy (non-hydrogen) atoms. The van der Waals surface area contributed by atoms with Crippen molar-refractivity contribution in [1.82, 2.24) is 0 Å². The number of fused-ring (bicyclic) bond motifs is 2. The zero-order chi connectivity index (χ0) is 19.6. The molecule has 2 aromatic carbocycles. The molecule has 1 saturated carbocycles. The Kier molecular flexibility index (Phi) is 5.36. The fourth-order valence-electron chi connectivity index (χ4n) is 5.61. The molecule has 3 aliphatic rings. The quantitative estimate of drug-likeness (QED) is 0.663. The summed E-state index contributed by atoms with van der Waals surface area (Å²) in [6.45, 7) is 0.769. The summed E-state index contributed by atoms with van der Waals surface area (Å²) in [6, 6.07) is 15.5. The van der Waals surface area contributed by atoms with Gasteiger partial charge < -0.3 is 10.5 Å². The normalized spacial score (nSPS) is 28.9. The number of rotatable bonds is 3. The van der Waals surface area contributed by atoms with Crippen LogP contribution in [0.25, 0.3) is 0 Å². The minimum atomic E-state index is 0.0684. The highest BCUT2D eigenvalue weighted by atomic mass is 16.5. The van der Waals surface area contributed by atoms with Crippen LogP contribution < -0.4 is 10.5 Å². The topological polar surface area (TPSA) is 60.0 Å². The first-order chi connectivity index (χ1) is 14.3. The molecule has 1 fully saturated rings. The van der Waals surface area contributed by atoms with Gasteiger partial charge in [-0.1, -0.05) is 49.2 Å². The van der Waals surface area contributed by atoms with Gasteiger partial charge in [0.2, 0.25) is 0 Å². The molecule has 0 spiro atoms. The summed E-state index contributed by atoms with van der Waals surface area (Å²) in [5.74, 6) is 2.02. The second kappa shape index (κ2) is 8.27. The molecule has 5 rings (SSSR count). The molecule has 1 aliphatic heterocycles. The zero-order valence-corrected chi connectivity index (χ0v) is 17.1. The van der Waals surface area contributed by atoms with Crippen molar-refractivity contribution in [1.29, 1.82) is 0 Å². The van der Waals surface area contributed by atoms with Crippen LogP contribution in [0.15, 0.2) is 52.7 Å². The standard InChI is InChI=1S/C25H31N3O/c26-20-9-3-1-7-19(16-20)22-13-12-17-6-2-4-10-21(17)25(22)29-23-11-5-8-18-14-15-27-28-24(18)23/h2,4-6,8,10-11,19-20,22,25H,1,3,7,9,12-16,26H2/t19?,20-,22-,25+/m1/s1. The van der Waals surface area contributed by atoms with E-state index in [4.69, 9.17) is 10.5 Å². The highest BCUT2D eigenvalue weighted by molar-refractivity contribution is 5.58. The van der Waals surface area contributed by atoms with E-state index in [0.717, 1.165) is 43.7 Å². The SMILES string of the molecule is N[C@@H]1CCCCC([C@H]2CCc3ccccc3[C@@H]2Oc2cccc3c2N=NCC3)C1. The van der Waals surface area contributed by atoms with E-state index in [1.54, 1.807) is 0 Å². The Morgan fingerprint density at radius 3 is 2.72 bits per heavy atom. The van der Waals surface area contributed by atoms with Crippen LogP contribution in [0.5, 0.6) is 5.75 Å². The van der Waals surface area contributed by atoms with Gasteiger partial charge in [-0.15, -0.1) is 0 Å². The minimum Gasteiger partial charge on any atom is -0.483 e. The molecule has 0 saturated heterocycles. The molecular weight excluding hydrogens is 358 g/mol. The van der Waals surface area contributed by atoms with Crippen molar-refractivity contribution in [3.05, 3.63) is 59.2 Å². The van der Waals surface area contributed by atoms with Crippen LogP contribution in [0.2, 0.25) is 0 Å². The molecule has 4 atom stereocenters. The van der Waals surface area contributed by atoms with Crippen LogP contribution in [0, 0.1) is 11.8 Å². The first kappa shape index (κ1) is 18.8. The van der Waals surface area contributed by atoms with Gasteiger partial charge in [0.05, 0.1) is 6.54 Å². The van der Waals surface area contributed by atoms with Gasteiger partial charge in [-0.05, 0) is 67.2 Å². The number of azo groups is 1. The van der Waals surface area contributed by atoms with E-state index in [1.165, 1.54) is 42.4 Å². The van der Waals surface area contributed by atoms with Crippen LogP contribution >= 0.6 is 0 Å². The van der Waals surface area contributed by atoms with Crippen molar-refractivity contribution < 1.29 is 4.74 Å². The van der Waals surface area contributed by atoms with Gasteiger partial charge in [0.25, 0.3) is 0 Å². The lowest BCUT2D eigenvalue weighted by atomic mass is 9.72. The van der Waals surface area contributed by atoms with Gasteiger partial charge in [-0.2, -0.15) is 10.2 Å². The van der Waals surface area contributed by atoms with Crippen LogP contribution in [0.1, 0.15) is 61.3 Å². The molecule has 152 valence electrons. The van der Waals surface area contributed by atoms with Gasteiger partial charge in [0.15, 0.2) is 0 Å². The Labute approximate surface area is 173 Å². The Hall–Kier alpha value is -2.20. The summed E-state index contributed by atoms with van der Waals surface area (Å²) in [4.78, 5) is 0. The van der Waals surface area contributed by atoms with Crippen molar-refractivity contribution in [2.45, 2.75) is 63.5 Å². The lowest BCUT2D eigenvalue weighted by Gasteiger charge is -2.39. The van der Waals surface area contributed by atoms with Crippen LogP contribution in [0.4, 0.5) is 5.69 Å². The molecule has 1 unspecified atom stereocenters. The number of benzene rings is 2. The number of nitrogens with zero attached hydrogens (tertiary/aromatic N) is 2. The lowest BCUT2D eigenvalue weighted by molar-refractivity contribution is 0.0712. The molecule has 0 bridgehead atoms. The Morgan fingerprint density at radius 2 is 1.76 bits per heavy atom. The second-order valence-corrected chi connectivity index (χ2v) is 8.96. The predicted octanol–water partition coefficient (Wildman–Crippen LogP) is 5.92. The average Bonchev–Trinajstić information content (AvgIpc) is 2.98. The lowest BCUT2D eigenvalue weighted by Crippen LogP contribution is -2.33. The van der Waals surface area contributed by atoms with E-state index in [9.17, 15) is 0 Å². The number of aryl methyl sites for hydroxylation is 1. The van der Waals surface area contributed by atoms with Crippen molar-refractivity contribution in [3.8, 4) is 5.75 Å². The van der Waals surface area contributed by atoms with E-state index in [2.05, 4.69) is 52.7 Å². The third kappa shape index (κ3) is 3.83. The summed E-state index contributed by atoms with van der Waals surface area (Å²) in [5.41, 5.74) is 11.4. The highest BCUT2D eigenvalue weighted by Crippen LogP contribution is 2.47. The van der Waals surface area contributed by atoms with E-state index in [0.29, 0.717) is 17.9 Å². The summed E-state index contributed by atoms with van der Waals surface area (Å²) in [7, 11) is 0. The first-order valence-corrected chi connectivity index (χ1v) is 11.3. The maximum absolute atomic E-state index is 6.83. The maximum Gasteiger partial charge on any atom is 0.148 e. The van der Waals surface area contributed by atoms with E-state index < -0.39 is 0 Å². The monoisotopic (exact) mass is 389 g/mol. The summed E-state index contributed by atoms with van der Waals surface area (Å²) < 4.78 is 6.83. The zero-order valence-electron chi connectivity index (χ0n) is 17.1. The maximum atomic E-state index is 6.83. The second-order valence-electron chi connectivity index (χ2n) is 8.96. The van der Waals surface area contributed by atoms with E-state index in [1.807, 2.05) is 0 Å². The number of nitrogens with two attached hydrogens (primary N) is 1. The molecule has 4 heteroatoms. The van der Waals surface area contributed by atoms with Crippen molar-refractivity contribution in [2.24, 2.45) is 27.8 Å². The average molecular weight is 390 g/mol. The fraction of sp³-hybridized carbons (Fsp3) is 0.520. The fourth-order valence-corrected chi connectivity index (χ4v) is 5.61. The Bertz CT molecular complexity index is 893. The van der Waals surface area contributed by atoms with E-state index in [-0.39, 0.29) is 6.10 Å². The molecular formula is C25H31N3O.